The van der Waals surface area contributed by atoms with Gasteiger partial charge < -0.3 is 5.11 Å². The van der Waals surface area contributed by atoms with Crippen molar-refractivity contribution in [1.29, 1.82) is 0 Å². The van der Waals surface area contributed by atoms with E-state index in [4.69, 9.17) is 5.11 Å². The predicted octanol–water partition coefficient (Wildman–Crippen LogP) is 2.04. The summed E-state index contributed by atoms with van der Waals surface area (Å²) in [5.74, 6) is -1.84. The Morgan fingerprint density at radius 3 is 2.60 bits per heavy atom. The number of aliphatic hydroxyl groups excluding tert-OH is 1. The van der Waals surface area contributed by atoms with Crippen LogP contribution in [-0.2, 0) is 10.0 Å². The minimum atomic E-state index is -4.09. The Bertz CT molecular complexity index is 528. The lowest BCUT2D eigenvalue weighted by Gasteiger charge is -2.16. The van der Waals surface area contributed by atoms with Gasteiger partial charge in [-0.1, -0.05) is 13.3 Å². The molecule has 0 heterocycles. The summed E-state index contributed by atoms with van der Waals surface area (Å²) in [4.78, 5) is -0.697. The molecule has 1 atom stereocenters. The molecule has 1 rings (SSSR count). The summed E-state index contributed by atoms with van der Waals surface area (Å²) in [5.41, 5.74) is 0. The van der Waals surface area contributed by atoms with Crippen LogP contribution in [0.15, 0.2) is 23.1 Å². The molecule has 0 aliphatic carbocycles. The van der Waals surface area contributed by atoms with Gasteiger partial charge in [-0.2, -0.15) is 0 Å². The first-order valence-corrected chi connectivity index (χ1v) is 7.94. The van der Waals surface area contributed by atoms with E-state index in [1.807, 2.05) is 6.92 Å². The highest BCUT2D eigenvalue weighted by molar-refractivity contribution is 7.89. The van der Waals surface area contributed by atoms with Crippen LogP contribution in [0.3, 0.4) is 0 Å². The van der Waals surface area contributed by atoms with Gasteiger partial charge in [0, 0.05) is 13.2 Å². The van der Waals surface area contributed by atoms with Gasteiger partial charge in [-0.25, -0.2) is 21.9 Å². The van der Waals surface area contributed by atoms with Crippen molar-refractivity contribution < 1.29 is 22.3 Å². The molecule has 114 valence electrons. The van der Waals surface area contributed by atoms with Crippen LogP contribution in [0.25, 0.3) is 0 Å². The van der Waals surface area contributed by atoms with Gasteiger partial charge in [-0.05, 0) is 37.0 Å². The standard InChI is InChI=1S/C13H19F2NO3S/c1-2-3-10(6-7-17)9-16-20(18,19)13-8-11(14)4-5-12(13)15/h4-5,8,10,16-17H,2-3,6-7,9H2,1H3. The molecule has 0 aliphatic rings. The zero-order valence-corrected chi connectivity index (χ0v) is 12.1. The SMILES string of the molecule is CCCC(CCO)CNS(=O)(=O)c1cc(F)ccc1F. The zero-order chi connectivity index (χ0) is 15.2. The van der Waals surface area contributed by atoms with Crippen molar-refractivity contribution in [2.24, 2.45) is 5.92 Å². The van der Waals surface area contributed by atoms with Crippen molar-refractivity contribution in [3.05, 3.63) is 29.8 Å². The number of sulfonamides is 1. The maximum Gasteiger partial charge on any atom is 0.243 e. The second-order valence-electron chi connectivity index (χ2n) is 4.59. The summed E-state index contributed by atoms with van der Waals surface area (Å²) in [6, 6.07) is 2.29. The monoisotopic (exact) mass is 307 g/mol. The van der Waals surface area contributed by atoms with E-state index in [1.165, 1.54) is 0 Å². The lowest BCUT2D eigenvalue weighted by Crippen LogP contribution is -2.30. The van der Waals surface area contributed by atoms with Crippen LogP contribution in [-0.4, -0.2) is 26.7 Å². The lowest BCUT2D eigenvalue weighted by atomic mass is 10.0. The van der Waals surface area contributed by atoms with Gasteiger partial charge in [0.1, 0.15) is 16.5 Å². The van der Waals surface area contributed by atoms with Crippen LogP contribution in [0.1, 0.15) is 26.2 Å². The molecule has 0 radical (unpaired) electrons. The molecule has 20 heavy (non-hydrogen) atoms. The molecule has 0 fully saturated rings. The summed E-state index contributed by atoms with van der Waals surface area (Å²) in [6.45, 7) is 2.00. The highest BCUT2D eigenvalue weighted by Crippen LogP contribution is 2.17. The van der Waals surface area contributed by atoms with Gasteiger partial charge in [-0.15, -0.1) is 0 Å². The van der Waals surface area contributed by atoms with Gasteiger partial charge in [0.05, 0.1) is 0 Å². The van der Waals surface area contributed by atoms with E-state index in [-0.39, 0.29) is 19.1 Å². The fraction of sp³-hybridized carbons (Fsp3) is 0.538. The largest absolute Gasteiger partial charge is 0.396 e. The molecule has 0 spiro atoms. The van der Waals surface area contributed by atoms with Gasteiger partial charge in [0.2, 0.25) is 10.0 Å². The van der Waals surface area contributed by atoms with Crippen molar-refractivity contribution >= 4 is 10.0 Å². The van der Waals surface area contributed by atoms with Gasteiger partial charge >= 0.3 is 0 Å². The molecular formula is C13H19F2NO3S. The normalized spacial score (nSPS) is 13.4. The third-order valence-electron chi connectivity index (χ3n) is 2.98. The number of aliphatic hydroxyl groups is 1. The highest BCUT2D eigenvalue weighted by Gasteiger charge is 2.21. The molecule has 0 aromatic heterocycles. The summed E-state index contributed by atoms with van der Waals surface area (Å²) in [5, 5.41) is 8.90. The zero-order valence-electron chi connectivity index (χ0n) is 11.3. The Balaban J connectivity index is 2.81. The molecule has 0 amide bonds. The topological polar surface area (TPSA) is 66.4 Å². The molecule has 0 aliphatic heterocycles. The number of rotatable bonds is 8. The molecule has 0 saturated carbocycles. The first-order chi connectivity index (χ1) is 9.40. The maximum atomic E-state index is 13.5. The van der Waals surface area contributed by atoms with E-state index in [1.54, 1.807) is 0 Å². The Kier molecular flexibility index (Phi) is 6.51. The van der Waals surface area contributed by atoms with Crippen LogP contribution in [0.2, 0.25) is 0 Å². The van der Waals surface area contributed by atoms with Crippen LogP contribution >= 0.6 is 0 Å². The first-order valence-electron chi connectivity index (χ1n) is 6.46. The van der Waals surface area contributed by atoms with Crippen molar-refractivity contribution in [3.8, 4) is 0 Å². The molecule has 1 aromatic carbocycles. The van der Waals surface area contributed by atoms with Crippen molar-refractivity contribution in [2.45, 2.75) is 31.1 Å². The summed E-state index contributed by atoms with van der Waals surface area (Å²) < 4.78 is 52.6. The summed E-state index contributed by atoms with van der Waals surface area (Å²) in [6.07, 6.45) is 2.05. The van der Waals surface area contributed by atoms with Crippen molar-refractivity contribution in [1.82, 2.24) is 4.72 Å². The molecule has 0 bridgehead atoms. The average molecular weight is 307 g/mol. The molecule has 2 N–H and O–H groups in total. The highest BCUT2D eigenvalue weighted by atomic mass is 32.2. The van der Waals surface area contributed by atoms with E-state index < -0.39 is 26.6 Å². The molecule has 1 aromatic rings. The number of hydrogen-bond acceptors (Lipinski definition) is 3. The molecule has 1 unspecified atom stereocenters. The second-order valence-corrected chi connectivity index (χ2v) is 6.33. The Morgan fingerprint density at radius 2 is 2.00 bits per heavy atom. The van der Waals surface area contributed by atoms with Crippen molar-refractivity contribution in [3.63, 3.8) is 0 Å². The van der Waals surface area contributed by atoms with E-state index in [9.17, 15) is 17.2 Å². The Morgan fingerprint density at radius 1 is 1.30 bits per heavy atom. The lowest BCUT2D eigenvalue weighted by molar-refractivity contribution is 0.251. The fourth-order valence-electron chi connectivity index (χ4n) is 1.93. The van der Waals surface area contributed by atoms with Crippen LogP contribution in [0.5, 0.6) is 0 Å². The fourth-order valence-corrected chi connectivity index (χ4v) is 3.13. The van der Waals surface area contributed by atoms with Gasteiger partial charge in [-0.3, -0.25) is 0 Å². The van der Waals surface area contributed by atoms with E-state index in [2.05, 4.69) is 4.72 Å². The number of benzene rings is 1. The maximum absolute atomic E-state index is 13.5. The molecule has 0 saturated heterocycles. The van der Waals surface area contributed by atoms with Crippen LogP contribution in [0.4, 0.5) is 8.78 Å². The Labute approximate surface area is 117 Å². The molecule has 7 heteroatoms. The minimum Gasteiger partial charge on any atom is -0.396 e. The van der Waals surface area contributed by atoms with Crippen molar-refractivity contribution in [2.75, 3.05) is 13.2 Å². The van der Waals surface area contributed by atoms with E-state index >= 15 is 0 Å². The Hall–Kier alpha value is -1.05. The first kappa shape index (κ1) is 17.0. The second kappa shape index (κ2) is 7.66. The smallest absolute Gasteiger partial charge is 0.243 e. The minimum absolute atomic E-state index is 0.0311. The number of hydrogen-bond donors (Lipinski definition) is 2. The average Bonchev–Trinajstić information content (AvgIpc) is 2.39. The molecule has 4 nitrogen and oxygen atoms in total. The number of halogens is 2. The predicted molar refractivity (Wildman–Crippen MR) is 71.6 cm³/mol. The van der Waals surface area contributed by atoms with Crippen LogP contribution in [0, 0.1) is 17.6 Å². The van der Waals surface area contributed by atoms with Gasteiger partial charge in [0.25, 0.3) is 0 Å². The summed E-state index contributed by atoms with van der Waals surface area (Å²) in [7, 11) is -4.09. The summed E-state index contributed by atoms with van der Waals surface area (Å²) >= 11 is 0. The van der Waals surface area contributed by atoms with Gasteiger partial charge in [0.15, 0.2) is 0 Å². The number of nitrogens with one attached hydrogen (secondary N) is 1. The van der Waals surface area contributed by atoms with Crippen LogP contribution < -0.4 is 4.72 Å². The third-order valence-corrected chi connectivity index (χ3v) is 4.42. The molecular weight excluding hydrogens is 288 g/mol. The quantitative estimate of drug-likeness (QED) is 0.772. The van der Waals surface area contributed by atoms with E-state index in [0.29, 0.717) is 12.5 Å². The third kappa shape index (κ3) is 4.81. The van der Waals surface area contributed by atoms with E-state index in [0.717, 1.165) is 25.0 Å².